The van der Waals surface area contributed by atoms with Crippen LogP contribution in [0.25, 0.3) is 11.1 Å². The summed E-state index contributed by atoms with van der Waals surface area (Å²) in [6.07, 6.45) is 0.853. The Morgan fingerprint density at radius 3 is 2.53 bits per heavy atom. The molecule has 3 aromatic carbocycles. The molecule has 0 unspecified atom stereocenters. The number of hydrogen-bond donors (Lipinski definition) is 0. The fourth-order valence-corrected chi connectivity index (χ4v) is 4.48. The fourth-order valence-electron chi connectivity index (χ4n) is 4.48. The second-order valence-corrected chi connectivity index (χ2v) is 8.12. The van der Waals surface area contributed by atoms with Gasteiger partial charge in [0.05, 0.1) is 33.0 Å². The van der Waals surface area contributed by atoms with Crippen LogP contribution in [0.1, 0.15) is 32.1 Å². The van der Waals surface area contributed by atoms with E-state index in [-0.39, 0.29) is 5.91 Å². The van der Waals surface area contributed by atoms with E-state index in [0.717, 1.165) is 40.1 Å². The number of carbonyl (C=O) groups is 2. The number of hydrogen-bond acceptors (Lipinski definition) is 4. The van der Waals surface area contributed by atoms with Crippen molar-refractivity contribution in [2.24, 2.45) is 0 Å². The summed E-state index contributed by atoms with van der Waals surface area (Å²) in [5.74, 6) is 1.22. The van der Waals surface area contributed by atoms with E-state index in [4.69, 9.17) is 9.47 Å². The molecule has 2 heterocycles. The molecule has 1 aromatic heterocycles. The Balaban J connectivity index is 1.55. The van der Waals surface area contributed by atoms with Gasteiger partial charge in [-0.1, -0.05) is 30.3 Å². The molecular formula is C28H24N2O4. The molecule has 0 saturated carbocycles. The van der Waals surface area contributed by atoms with Crippen LogP contribution in [-0.2, 0) is 13.1 Å². The quantitative estimate of drug-likeness (QED) is 0.391. The van der Waals surface area contributed by atoms with Crippen LogP contribution < -0.4 is 14.4 Å². The number of rotatable bonds is 5. The van der Waals surface area contributed by atoms with E-state index in [2.05, 4.69) is 0 Å². The number of fused-ring (bicyclic) bond motifs is 2. The zero-order valence-electron chi connectivity index (χ0n) is 19.0. The normalized spacial score (nSPS) is 12.4. The molecule has 0 fully saturated rings. The summed E-state index contributed by atoms with van der Waals surface area (Å²) < 4.78 is 13.0. The van der Waals surface area contributed by atoms with E-state index in [1.54, 1.807) is 31.3 Å². The van der Waals surface area contributed by atoms with Gasteiger partial charge in [-0.3, -0.25) is 9.59 Å². The lowest BCUT2D eigenvalue weighted by Gasteiger charge is -2.23. The Kier molecular flexibility index (Phi) is 5.64. The topological polar surface area (TPSA) is 60.8 Å². The first-order valence-corrected chi connectivity index (χ1v) is 11.0. The van der Waals surface area contributed by atoms with Crippen molar-refractivity contribution >= 4 is 17.9 Å². The third kappa shape index (κ3) is 3.73. The monoisotopic (exact) mass is 452 g/mol. The van der Waals surface area contributed by atoms with Crippen molar-refractivity contribution in [3.63, 3.8) is 0 Å². The average molecular weight is 453 g/mol. The third-order valence-electron chi connectivity index (χ3n) is 6.23. The second kappa shape index (κ2) is 8.90. The molecule has 0 aliphatic carbocycles. The molecule has 170 valence electrons. The van der Waals surface area contributed by atoms with Gasteiger partial charge in [-0.05, 0) is 59.7 Å². The Hall–Kier alpha value is -4.32. The molecule has 4 aromatic rings. The molecule has 34 heavy (non-hydrogen) atoms. The van der Waals surface area contributed by atoms with E-state index in [1.807, 2.05) is 71.3 Å². The van der Waals surface area contributed by atoms with Crippen molar-refractivity contribution in [3.05, 3.63) is 101 Å². The number of amides is 1. The molecular weight excluding hydrogens is 428 g/mol. The molecule has 6 nitrogen and oxygen atoms in total. The predicted molar refractivity (Wildman–Crippen MR) is 131 cm³/mol. The van der Waals surface area contributed by atoms with Gasteiger partial charge in [-0.15, -0.1) is 0 Å². The summed E-state index contributed by atoms with van der Waals surface area (Å²) in [4.78, 5) is 27.1. The smallest absolute Gasteiger partial charge is 0.258 e. The minimum atomic E-state index is -0.134. The van der Waals surface area contributed by atoms with Crippen LogP contribution in [0, 0.1) is 0 Å². The number of methoxy groups -OCH3 is 2. The van der Waals surface area contributed by atoms with E-state index in [1.165, 1.54) is 0 Å². The highest BCUT2D eigenvalue weighted by Gasteiger charge is 2.26. The van der Waals surface area contributed by atoms with Crippen molar-refractivity contribution < 1.29 is 19.1 Å². The van der Waals surface area contributed by atoms with Gasteiger partial charge in [0.15, 0.2) is 6.29 Å². The summed E-state index contributed by atoms with van der Waals surface area (Å²) in [6, 6.07) is 24.7. The zero-order chi connectivity index (χ0) is 23.7. The SMILES string of the molecule is COc1cccc(-c2ccc(C(=O)N3Cc4ccc(C=O)n4Cc4ccccc43)cc2OC)c1. The van der Waals surface area contributed by atoms with E-state index in [9.17, 15) is 9.59 Å². The van der Waals surface area contributed by atoms with E-state index < -0.39 is 0 Å². The number of carbonyl (C=O) groups excluding carboxylic acids is 2. The van der Waals surface area contributed by atoms with Gasteiger partial charge >= 0.3 is 0 Å². The minimum Gasteiger partial charge on any atom is -0.497 e. The van der Waals surface area contributed by atoms with Gasteiger partial charge in [0, 0.05) is 22.5 Å². The van der Waals surface area contributed by atoms with Crippen LogP contribution in [0.15, 0.2) is 78.9 Å². The maximum Gasteiger partial charge on any atom is 0.258 e. The fraction of sp³-hybridized carbons (Fsp3) is 0.143. The standard InChI is InChI=1S/C28H24N2O4/c1-33-24-8-5-7-19(14-24)25-13-10-20(15-27(25)34-2)28(32)30-17-22-11-12-23(18-31)29(22)16-21-6-3-4-9-26(21)30/h3-15,18H,16-17H2,1-2H3. The maximum absolute atomic E-state index is 13.8. The van der Waals surface area contributed by atoms with Crippen LogP contribution in [0.2, 0.25) is 0 Å². The molecule has 0 spiro atoms. The number of nitrogens with zero attached hydrogens (tertiary/aromatic N) is 2. The predicted octanol–water partition coefficient (Wildman–Crippen LogP) is 5.19. The first-order valence-electron chi connectivity index (χ1n) is 11.0. The molecule has 0 bridgehead atoms. The highest BCUT2D eigenvalue weighted by Crippen LogP contribution is 2.35. The summed E-state index contributed by atoms with van der Waals surface area (Å²) in [5, 5.41) is 0. The number of aromatic nitrogens is 1. The van der Waals surface area contributed by atoms with Crippen molar-refractivity contribution in [2.45, 2.75) is 13.1 Å². The summed E-state index contributed by atoms with van der Waals surface area (Å²) in [7, 11) is 3.23. The molecule has 0 radical (unpaired) electrons. The highest BCUT2D eigenvalue weighted by molar-refractivity contribution is 6.07. The molecule has 6 heteroatoms. The molecule has 1 aliphatic rings. The summed E-state index contributed by atoms with van der Waals surface area (Å²) >= 11 is 0. The molecule has 1 amide bonds. The molecule has 0 atom stereocenters. The Labute approximate surface area is 198 Å². The average Bonchev–Trinajstić information content (AvgIpc) is 3.19. The lowest BCUT2D eigenvalue weighted by Crippen LogP contribution is -2.30. The molecule has 0 saturated heterocycles. The summed E-state index contributed by atoms with van der Waals surface area (Å²) in [6.45, 7) is 0.901. The van der Waals surface area contributed by atoms with Crippen LogP contribution in [0.4, 0.5) is 5.69 Å². The minimum absolute atomic E-state index is 0.134. The first-order chi connectivity index (χ1) is 16.6. The van der Waals surface area contributed by atoms with Crippen molar-refractivity contribution in [2.75, 3.05) is 19.1 Å². The number of para-hydroxylation sites is 1. The molecule has 5 rings (SSSR count). The Morgan fingerprint density at radius 2 is 1.74 bits per heavy atom. The van der Waals surface area contributed by atoms with E-state index in [0.29, 0.717) is 30.1 Å². The second-order valence-electron chi connectivity index (χ2n) is 8.12. The van der Waals surface area contributed by atoms with Crippen LogP contribution >= 0.6 is 0 Å². The van der Waals surface area contributed by atoms with Gasteiger partial charge in [-0.2, -0.15) is 0 Å². The van der Waals surface area contributed by atoms with Crippen LogP contribution in [0.5, 0.6) is 11.5 Å². The molecule has 1 aliphatic heterocycles. The zero-order valence-corrected chi connectivity index (χ0v) is 19.0. The van der Waals surface area contributed by atoms with Gasteiger partial charge in [0.25, 0.3) is 5.91 Å². The Morgan fingerprint density at radius 1 is 0.882 bits per heavy atom. The maximum atomic E-state index is 13.8. The van der Waals surface area contributed by atoms with Gasteiger partial charge in [0.2, 0.25) is 0 Å². The number of ether oxygens (including phenoxy) is 2. The van der Waals surface area contributed by atoms with E-state index >= 15 is 0 Å². The number of aldehydes is 1. The van der Waals surface area contributed by atoms with Crippen LogP contribution in [-0.4, -0.2) is 31.0 Å². The highest BCUT2D eigenvalue weighted by atomic mass is 16.5. The first kappa shape index (κ1) is 21.5. The van der Waals surface area contributed by atoms with Crippen molar-refractivity contribution in [1.29, 1.82) is 0 Å². The lowest BCUT2D eigenvalue weighted by atomic mass is 10.0. The van der Waals surface area contributed by atoms with Gasteiger partial charge < -0.3 is 18.9 Å². The van der Waals surface area contributed by atoms with Crippen molar-refractivity contribution in [3.8, 4) is 22.6 Å². The number of anilines is 1. The largest absolute Gasteiger partial charge is 0.497 e. The van der Waals surface area contributed by atoms with Crippen LogP contribution in [0.3, 0.4) is 0 Å². The van der Waals surface area contributed by atoms with Crippen molar-refractivity contribution in [1.82, 2.24) is 4.57 Å². The Bertz CT molecular complexity index is 1390. The van der Waals surface area contributed by atoms with Gasteiger partial charge in [0.1, 0.15) is 11.5 Å². The number of benzene rings is 3. The molecule has 0 N–H and O–H groups in total. The summed E-state index contributed by atoms with van der Waals surface area (Å²) in [5.41, 5.74) is 5.66. The third-order valence-corrected chi connectivity index (χ3v) is 6.23. The lowest BCUT2D eigenvalue weighted by molar-refractivity contribution is 0.0984. The van der Waals surface area contributed by atoms with Gasteiger partial charge in [-0.25, -0.2) is 0 Å².